The molecule has 0 saturated heterocycles. The minimum atomic E-state index is 0.338. The van der Waals surface area contributed by atoms with Crippen LogP contribution < -0.4 is 15.8 Å². The second-order valence-corrected chi connectivity index (χ2v) is 9.69. The molecule has 1 aromatic heterocycles. The maximum absolute atomic E-state index is 6.23. The average molecular weight is 476 g/mol. The molecule has 5 nitrogen and oxygen atoms in total. The van der Waals surface area contributed by atoms with Crippen molar-refractivity contribution in [1.29, 1.82) is 0 Å². The Hall–Kier alpha value is -2.80. The SMILES string of the molecule is N[C@H]1CC[C@H](Nc2ncc3cc(-c4ccc(NSc5ccccc5Cl)cc4)ccc3n2)CC1. The van der Waals surface area contributed by atoms with Gasteiger partial charge in [-0.15, -0.1) is 0 Å². The summed E-state index contributed by atoms with van der Waals surface area (Å²) in [6, 6.07) is 23.2. The van der Waals surface area contributed by atoms with Gasteiger partial charge in [-0.1, -0.05) is 41.9 Å². The molecule has 168 valence electrons. The zero-order chi connectivity index (χ0) is 22.6. The van der Waals surface area contributed by atoms with Crippen molar-refractivity contribution in [3.8, 4) is 11.1 Å². The van der Waals surface area contributed by atoms with Crippen molar-refractivity contribution in [3.63, 3.8) is 0 Å². The number of hydrogen-bond donors (Lipinski definition) is 3. The fourth-order valence-electron chi connectivity index (χ4n) is 4.10. The predicted octanol–water partition coefficient (Wildman–Crippen LogP) is 6.75. The molecule has 5 rings (SSSR count). The molecule has 0 aliphatic heterocycles. The summed E-state index contributed by atoms with van der Waals surface area (Å²) in [4.78, 5) is 10.3. The zero-order valence-electron chi connectivity index (χ0n) is 18.2. The Morgan fingerprint density at radius 1 is 0.909 bits per heavy atom. The number of rotatable bonds is 6. The lowest BCUT2D eigenvalue weighted by molar-refractivity contribution is 0.410. The van der Waals surface area contributed by atoms with Crippen LogP contribution in [0.25, 0.3) is 22.0 Å². The molecular weight excluding hydrogens is 450 g/mol. The summed E-state index contributed by atoms with van der Waals surface area (Å²) in [7, 11) is 0. The minimum absolute atomic E-state index is 0.338. The van der Waals surface area contributed by atoms with Crippen LogP contribution in [-0.4, -0.2) is 22.1 Å². The molecule has 1 fully saturated rings. The number of fused-ring (bicyclic) bond motifs is 1. The maximum Gasteiger partial charge on any atom is 0.223 e. The Morgan fingerprint density at radius 2 is 1.67 bits per heavy atom. The van der Waals surface area contributed by atoms with E-state index >= 15 is 0 Å². The molecule has 1 heterocycles. The molecule has 0 spiro atoms. The normalized spacial score (nSPS) is 18.2. The van der Waals surface area contributed by atoms with Gasteiger partial charge in [-0.3, -0.25) is 0 Å². The zero-order valence-corrected chi connectivity index (χ0v) is 19.7. The number of benzene rings is 3. The highest BCUT2D eigenvalue weighted by Crippen LogP contribution is 2.30. The summed E-state index contributed by atoms with van der Waals surface area (Å²) in [5, 5.41) is 5.25. The Balaban J connectivity index is 1.26. The van der Waals surface area contributed by atoms with Crippen LogP contribution in [-0.2, 0) is 0 Å². The van der Waals surface area contributed by atoms with E-state index in [2.05, 4.69) is 57.5 Å². The van der Waals surface area contributed by atoms with Crippen molar-refractivity contribution < 1.29 is 0 Å². The summed E-state index contributed by atoms with van der Waals surface area (Å²) in [6.45, 7) is 0. The van der Waals surface area contributed by atoms with Gasteiger partial charge in [-0.25, -0.2) is 9.97 Å². The standard InChI is InChI=1S/C26H26ClN5S/c27-23-3-1-2-4-25(23)33-32-22-10-5-17(6-11-22)18-7-14-24-19(15-18)16-29-26(31-24)30-21-12-8-20(28)9-13-21/h1-7,10-11,14-16,20-21,32H,8-9,12-13,28H2,(H,29,30,31)/t20-,21-. The fraction of sp³-hybridized carbons (Fsp3) is 0.231. The first-order valence-electron chi connectivity index (χ1n) is 11.2. The lowest BCUT2D eigenvalue weighted by atomic mass is 9.92. The van der Waals surface area contributed by atoms with E-state index in [9.17, 15) is 0 Å². The van der Waals surface area contributed by atoms with Gasteiger partial charge in [-0.2, -0.15) is 0 Å². The molecule has 0 radical (unpaired) electrons. The molecule has 4 aromatic rings. The van der Waals surface area contributed by atoms with Gasteiger partial charge in [0.05, 0.1) is 10.5 Å². The minimum Gasteiger partial charge on any atom is -0.351 e. The predicted molar refractivity (Wildman–Crippen MR) is 140 cm³/mol. The van der Waals surface area contributed by atoms with E-state index in [1.165, 1.54) is 11.9 Å². The highest BCUT2D eigenvalue weighted by atomic mass is 35.5. The molecular formula is C26H26ClN5S. The quantitative estimate of drug-likeness (QED) is 0.268. The molecule has 0 unspecified atom stereocenters. The molecule has 1 saturated carbocycles. The van der Waals surface area contributed by atoms with Crippen LogP contribution >= 0.6 is 23.5 Å². The Morgan fingerprint density at radius 3 is 2.45 bits per heavy atom. The van der Waals surface area contributed by atoms with Crippen LogP contribution in [0.5, 0.6) is 0 Å². The van der Waals surface area contributed by atoms with E-state index in [4.69, 9.17) is 22.3 Å². The van der Waals surface area contributed by atoms with E-state index in [1.807, 2.05) is 30.5 Å². The van der Waals surface area contributed by atoms with E-state index in [0.29, 0.717) is 18.0 Å². The Labute approximate surface area is 203 Å². The third-order valence-electron chi connectivity index (χ3n) is 6.02. The first-order chi connectivity index (χ1) is 16.1. The molecule has 0 amide bonds. The Bertz CT molecular complexity index is 1240. The summed E-state index contributed by atoms with van der Waals surface area (Å²) < 4.78 is 3.35. The van der Waals surface area contributed by atoms with Gasteiger partial charge in [0.15, 0.2) is 0 Å². The van der Waals surface area contributed by atoms with E-state index in [0.717, 1.165) is 63.3 Å². The smallest absolute Gasteiger partial charge is 0.223 e. The van der Waals surface area contributed by atoms with Gasteiger partial charge in [0.2, 0.25) is 5.95 Å². The molecule has 3 aromatic carbocycles. The second kappa shape index (κ2) is 10.00. The van der Waals surface area contributed by atoms with Gasteiger partial charge in [0.1, 0.15) is 0 Å². The van der Waals surface area contributed by atoms with Crippen molar-refractivity contribution in [2.24, 2.45) is 5.73 Å². The lowest BCUT2D eigenvalue weighted by Crippen LogP contribution is -2.33. The van der Waals surface area contributed by atoms with Crippen LogP contribution in [0.4, 0.5) is 11.6 Å². The number of halogens is 1. The van der Waals surface area contributed by atoms with E-state index in [1.54, 1.807) is 0 Å². The molecule has 0 atom stereocenters. The average Bonchev–Trinajstić information content (AvgIpc) is 2.85. The third-order valence-corrected chi connectivity index (χ3v) is 7.37. The van der Waals surface area contributed by atoms with Crippen LogP contribution in [0.15, 0.2) is 77.8 Å². The van der Waals surface area contributed by atoms with Gasteiger partial charge in [-0.05, 0) is 85.2 Å². The Kier molecular flexibility index (Phi) is 6.67. The monoisotopic (exact) mass is 475 g/mol. The summed E-state index contributed by atoms with van der Waals surface area (Å²) in [5.41, 5.74) is 10.3. The molecule has 0 bridgehead atoms. The second-order valence-electron chi connectivity index (χ2n) is 8.44. The summed E-state index contributed by atoms with van der Waals surface area (Å²) in [6.07, 6.45) is 6.16. The van der Waals surface area contributed by atoms with Crippen molar-refractivity contribution in [1.82, 2.24) is 9.97 Å². The number of nitrogens with zero attached hydrogens (tertiary/aromatic N) is 2. The molecule has 33 heavy (non-hydrogen) atoms. The topological polar surface area (TPSA) is 75.9 Å². The fourth-order valence-corrected chi connectivity index (χ4v) is 5.03. The van der Waals surface area contributed by atoms with Gasteiger partial charge in [0, 0.05) is 34.2 Å². The summed E-state index contributed by atoms with van der Waals surface area (Å²) >= 11 is 7.73. The van der Waals surface area contributed by atoms with Crippen molar-refractivity contribution in [2.45, 2.75) is 42.7 Å². The highest BCUT2D eigenvalue weighted by molar-refractivity contribution is 8.00. The number of anilines is 2. The van der Waals surface area contributed by atoms with E-state index in [-0.39, 0.29) is 0 Å². The van der Waals surface area contributed by atoms with Gasteiger partial charge in [0.25, 0.3) is 0 Å². The number of hydrogen-bond acceptors (Lipinski definition) is 6. The highest BCUT2D eigenvalue weighted by Gasteiger charge is 2.19. The van der Waals surface area contributed by atoms with Crippen LogP contribution in [0.3, 0.4) is 0 Å². The molecule has 1 aliphatic carbocycles. The third kappa shape index (κ3) is 5.41. The molecule has 7 heteroatoms. The van der Waals surface area contributed by atoms with Crippen molar-refractivity contribution in [3.05, 3.63) is 77.9 Å². The van der Waals surface area contributed by atoms with Crippen LogP contribution in [0.2, 0.25) is 5.02 Å². The van der Waals surface area contributed by atoms with Gasteiger partial charge < -0.3 is 15.8 Å². The molecule has 1 aliphatic rings. The van der Waals surface area contributed by atoms with E-state index < -0.39 is 0 Å². The largest absolute Gasteiger partial charge is 0.351 e. The lowest BCUT2D eigenvalue weighted by Gasteiger charge is -2.26. The first-order valence-corrected chi connectivity index (χ1v) is 12.4. The number of nitrogens with two attached hydrogens (primary N) is 1. The number of nitrogens with one attached hydrogen (secondary N) is 2. The first kappa shape index (κ1) is 22.0. The maximum atomic E-state index is 6.23. The van der Waals surface area contributed by atoms with Crippen LogP contribution in [0.1, 0.15) is 25.7 Å². The van der Waals surface area contributed by atoms with Crippen LogP contribution in [0, 0.1) is 0 Å². The van der Waals surface area contributed by atoms with Gasteiger partial charge >= 0.3 is 0 Å². The molecule has 4 N–H and O–H groups in total. The number of aromatic nitrogens is 2. The van der Waals surface area contributed by atoms with Crippen molar-refractivity contribution in [2.75, 3.05) is 10.0 Å². The summed E-state index contributed by atoms with van der Waals surface area (Å²) in [5.74, 6) is 0.696. The van der Waals surface area contributed by atoms with Crippen molar-refractivity contribution >= 4 is 46.1 Å².